The fourth-order valence-electron chi connectivity index (χ4n) is 1.92. The number of esters is 1. The lowest BCUT2D eigenvalue weighted by molar-refractivity contribution is -0.141. The molecule has 0 saturated carbocycles. The molecular weight excluding hydrogens is 347 g/mol. The molecule has 1 aromatic carbocycles. The first-order chi connectivity index (χ1) is 12.0. The van der Waals surface area contributed by atoms with Gasteiger partial charge < -0.3 is 14.5 Å². The van der Waals surface area contributed by atoms with Crippen molar-refractivity contribution in [3.8, 4) is 11.8 Å². The van der Waals surface area contributed by atoms with E-state index < -0.39 is 5.97 Å². The number of thioether (sulfide) groups is 1. The molecule has 0 atom stereocenters. The highest BCUT2D eigenvalue weighted by atomic mass is 32.2. The molecule has 0 unspecified atom stereocenters. The highest BCUT2D eigenvalue weighted by molar-refractivity contribution is 7.99. The van der Waals surface area contributed by atoms with Gasteiger partial charge in [0.2, 0.25) is 5.56 Å². The molecule has 130 valence electrons. The van der Waals surface area contributed by atoms with E-state index in [1.54, 1.807) is 6.92 Å². The zero-order chi connectivity index (χ0) is 18.2. The number of rotatable bonds is 7. The van der Waals surface area contributed by atoms with E-state index in [0.29, 0.717) is 21.9 Å². The van der Waals surface area contributed by atoms with Crippen LogP contribution < -0.4 is 10.3 Å². The number of ether oxygens (including phenoxy) is 2. The van der Waals surface area contributed by atoms with Crippen LogP contribution in [0.15, 0.2) is 40.2 Å². The normalized spacial score (nSPS) is 10.1. The Morgan fingerprint density at radius 2 is 2.04 bits per heavy atom. The maximum absolute atomic E-state index is 12.7. The Hall–Kier alpha value is -2.79. The molecule has 8 heteroatoms. The van der Waals surface area contributed by atoms with E-state index in [9.17, 15) is 14.0 Å². The zero-order valence-electron chi connectivity index (χ0n) is 13.4. The molecule has 0 saturated heterocycles. The number of aryl methyl sites for hydroxylation is 1. The van der Waals surface area contributed by atoms with Gasteiger partial charge >= 0.3 is 5.97 Å². The number of benzene rings is 1. The standard InChI is InChI=1S/C17H15FN2O4S/c1-11-8-15(21)20-17(14(11)9-19)25-10-16(22)24-7-6-23-13-4-2-12(18)3-5-13/h2-5,8H,6-7,10H2,1H3,(H,20,21). The number of pyridine rings is 1. The average Bonchev–Trinajstić information content (AvgIpc) is 2.58. The summed E-state index contributed by atoms with van der Waals surface area (Å²) < 4.78 is 23.1. The Morgan fingerprint density at radius 3 is 2.72 bits per heavy atom. The summed E-state index contributed by atoms with van der Waals surface area (Å²) in [4.78, 5) is 25.7. The van der Waals surface area contributed by atoms with Crippen molar-refractivity contribution in [2.75, 3.05) is 19.0 Å². The molecule has 25 heavy (non-hydrogen) atoms. The van der Waals surface area contributed by atoms with Crippen LogP contribution in [-0.4, -0.2) is 29.9 Å². The Balaban J connectivity index is 1.77. The van der Waals surface area contributed by atoms with Gasteiger partial charge in [0, 0.05) is 6.07 Å². The Kier molecular flexibility index (Phi) is 6.60. The van der Waals surface area contributed by atoms with Gasteiger partial charge in [0.1, 0.15) is 30.8 Å². The van der Waals surface area contributed by atoms with E-state index in [-0.39, 0.29) is 30.3 Å². The molecule has 0 radical (unpaired) electrons. The number of nitrogens with one attached hydrogen (secondary N) is 1. The van der Waals surface area contributed by atoms with Crippen LogP contribution in [0.25, 0.3) is 0 Å². The SMILES string of the molecule is Cc1cc(=O)[nH]c(SCC(=O)OCCOc2ccc(F)cc2)c1C#N. The van der Waals surface area contributed by atoms with E-state index in [0.717, 1.165) is 11.8 Å². The second kappa shape index (κ2) is 8.89. The van der Waals surface area contributed by atoms with Crippen LogP contribution in [0.1, 0.15) is 11.1 Å². The van der Waals surface area contributed by atoms with Gasteiger partial charge in [-0.25, -0.2) is 4.39 Å². The Bertz CT molecular complexity index is 843. The lowest BCUT2D eigenvalue weighted by atomic mass is 10.2. The van der Waals surface area contributed by atoms with Crippen molar-refractivity contribution in [1.29, 1.82) is 5.26 Å². The third-order valence-electron chi connectivity index (χ3n) is 3.08. The van der Waals surface area contributed by atoms with Gasteiger partial charge in [-0.05, 0) is 36.8 Å². The van der Waals surface area contributed by atoms with Crippen LogP contribution in [0, 0.1) is 24.1 Å². The highest BCUT2D eigenvalue weighted by Crippen LogP contribution is 2.20. The summed E-state index contributed by atoms with van der Waals surface area (Å²) in [5, 5.41) is 9.45. The molecular formula is C17H15FN2O4S. The first-order valence-electron chi connectivity index (χ1n) is 7.30. The largest absolute Gasteiger partial charge is 0.490 e. The van der Waals surface area contributed by atoms with E-state index >= 15 is 0 Å². The monoisotopic (exact) mass is 362 g/mol. The molecule has 0 spiro atoms. The number of aromatic nitrogens is 1. The summed E-state index contributed by atoms with van der Waals surface area (Å²) in [6.07, 6.45) is 0. The molecule has 1 heterocycles. The molecule has 2 aromatic rings. The lowest BCUT2D eigenvalue weighted by Crippen LogP contribution is -2.15. The first kappa shape index (κ1) is 18.5. The van der Waals surface area contributed by atoms with Crippen molar-refractivity contribution in [2.24, 2.45) is 0 Å². The smallest absolute Gasteiger partial charge is 0.316 e. The maximum atomic E-state index is 12.7. The van der Waals surface area contributed by atoms with Crippen molar-refractivity contribution < 1.29 is 18.7 Å². The molecule has 0 bridgehead atoms. The second-order valence-electron chi connectivity index (χ2n) is 4.94. The number of carbonyl (C=O) groups is 1. The minimum Gasteiger partial charge on any atom is -0.490 e. The summed E-state index contributed by atoms with van der Waals surface area (Å²) in [5.41, 5.74) is 0.548. The molecule has 0 aliphatic carbocycles. The quantitative estimate of drug-likeness (QED) is 0.462. The van der Waals surface area contributed by atoms with Crippen LogP contribution in [0.4, 0.5) is 4.39 Å². The van der Waals surface area contributed by atoms with Crippen LogP contribution >= 0.6 is 11.8 Å². The zero-order valence-corrected chi connectivity index (χ0v) is 14.2. The van der Waals surface area contributed by atoms with Crippen LogP contribution in [0.3, 0.4) is 0 Å². The van der Waals surface area contributed by atoms with E-state index in [1.165, 1.54) is 30.3 Å². The van der Waals surface area contributed by atoms with Crippen LogP contribution in [0.5, 0.6) is 5.75 Å². The van der Waals surface area contributed by atoms with Crippen molar-refractivity contribution in [2.45, 2.75) is 11.9 Å². The minimum atomic E-state index is -0.501. The number of halogens is 1. The predicted octanol–water partition coefficient (Wildman–Crippen LogP) is 2.41. The van der Waals surface area contributed by atoms with Crippen molar-refractivity contribution >= 4 is 17.7 Å². The van der Waals surface area contributed by atoms with Gasteiger partial charge in [-0.2, -0.15) is 5.26 Å². The van der Waals surface area contributed by atoms with E-state index in [1.807, 2.05) is 6.07 Å². The molecule has 1 aromatic heterocycles. The summed E-state index contributed by atoms with van der Waals surface area (Å²) in [7, 11) is 0. The van der Waals surface area contributed by atoms with Gasteiger partial charge in [-0.3, -0.25) is 9.59 Å². The third-order valence-corrected chi connectivity index (χ3v) is 4.06. The second-order valence-corrected chi connectivity index (χ2v) is 5.93. The van der Waals surface area contributed by atoms with Crippen molar-refractivity contribution in [3.05, 3.63) is 57.6 Å². The topological polar surface area (TPSA) is 92.2 Å². The number of nitriles is 1. The van der Waals surface area contributed by atoms with Gasteiger partial charge in [-0.15, -0.1) is 0 Å². The molecule has 1 N–H and O–H groups in total. The summed E-state index contributed by atoms with van der Waals surface area (Å²) in [6, 6.07) is 8.82. The fourth-order valence-corrected chi connectivity index (χ4v) is 2.79. The molecule has 2 rings (SSSR count). The number of nitrogens with zero attached hydrogens (tertiary/aromatic N) is 1. The molecule has 6 nitrogen and oxygen atoms in total. The molecule has 0 amide bonds. The van der Waals surface area contributed by atoms with E-state index in [4.69, 9.17) is 14.7 Å². The minimum absolute atomic E-state index is 0.0339. The number of hydrogen-bond acceptors (Lipinski definition) is 6. The maximum Gasteiger partial charge on any atom is 0.316 e. The fraction of sp³-hybridized carbons (Fsp3) is 0.235. The summed E-state index contributed by atoms with van der Waals surface area (Å²) in [5.74, 6) is -0.437. The Morgan fingerprint density at radius 1 is 1.32 bits per heavy atom. The number of aromatic amines is 1. The molecule has 0 aliphatic heterocycles. The number of hydrogen-bond donors (Lipinski definition) is 1. The summed E-state index contributed by atoms with van der Waals surface area (Å²) >= 11 is 1.03. The first-order valence-corrected chi connectivity index (χ1v) is 8.29. The third kappa shape index (κ3) is 5.65. The van der Waals surface area contributed by atoms with Gasteiger partial charge in [-0.1, -0.05) is 11.8 Å². The average molecular weight is 362 g/mol. The molecule has 0 fully saturated rings. The molecule has 0 aliphatic rings. The van der Waals surface area contributed by atoms with Crippen LogP contribution in [-0.2, 0) is 9.53 Å². The van der Waals surface area contributed by atoms with Gasteiger partial charge in [0.15, 0.2) is 0 Å². The van der Waals surface area contributed by atoms with Gasteiger partial charge in [0.25, 0.3) is 0 Å². The summed E-state index contributed by atoms with van der Waals surface area (Å²) in [6.45, 7) is 1.82. The van der Waals surface area contributed by atoms with Crippen molar-refractivity contribution in [3.63, 3.8) is 0 Å². The highest BCUT2D eigenvalue weighted by Gasteiger charge is 2.11. The van der Waals surface area contributed by atoms with Crippen molar-refractivity contribution in [1.82, 2.24) is 4.98 Å². The predicted molar refractivity (Wildman–Crippen MR) is 90.1 cm³/mol. The van der Waals surface area contributed by atoms with E-state index in [2.05, 4.69) is 4.98 Å². The lowest BCUT2D eigenvalue weighted by Gasteiger charge is -2.08. The van der Waals surface area contributed by atoms with Gasteiger partial charge in [0.05, 0.1) is 16.3 Å². The number of carbonyl (C=O) groups excluding carboxylic acids is 1. The Labute approximate surface area is 147 Å². The van der Waals surface area contributed by atoms with Crippen LogP contribution in [0.2, 0.25) is 0 Å². The number of H-pyrrole nitrogens is 1.